The largest absolute Gasteiger partial charge is 0.391 e. The highest BCUT2D eigenvalue weighted by Gasteiger charge is 2.28. The average molecular weight is 343 g/mol. The fraction of sp³-hybridized carbons (Fsp3) is 0.500. The third kappa shape index (κ3) is 3.09. The summed E-state index contributed by atoms with van der Waals surface area (Å²) in [6.45, 7) is 0. The number of aliphatic hydroxyl groups excluding tert-OH is 1. The minimum absolute atomic E-state index is 0.135. The van der Waals surface area contributed by atoms with Crippen molar-refractivity contribution in [1.29, 1.82) is 0 Å². The lowest BCUT2D eigenvalue weighted by Crippen LogP contribution is -2.44. The number of benzene rings is 1. The maximum absolute atomic E-state index is 10.2. The molecule has 0 heterocycles. The van der Waals surface area contributed by atoms with Gasteiger partial charge in [-0.3, -0.25) is 0 Å². The molecule has 0 radical (unpaired) electrons. The number of rotatable bonds is 3. The van der Waals surface area contributed by atoms with Crippen LogP contribution in [0.15, 0.2) is 22.7 Å². The summed E-state index contributed by atoms with van der Waals surface area (Å²) in [6.07, 6.45) is 3.85. The van der Waals surface area contributed by atoms with Crippen molar-refractivity contribution >= 4 is 38.8 Å². The van der Waals surface area contributed by atoms with Crippen LogP contribution in [0.2, 0.25) is 0 Å². The monoisotopic (exact) mass is 342 g/mol. The molecule has 1 aliphatic rings. The summed E-state index contributed by atoms with van der Waals surface area (Å²) in [6, 6.07) is 6.03. The van der Waals surface area contributed by atoms with Gasteiger partial charge in [-0.05, 0) is 40.9 Å². The van der Waals surface area contributed by atoms with E-state index >= 15 is 0 Å². The topological polar surface area (TPSA) is 49.5 Å². The summed E-state index contributed by atoms with van der Waals surface area (Å²) >= 11 is 8.64. The van der Waals surface area contributed by atoms with Crippen molar-refractivity contribution in [2.45, 2.75) is 37.8 Å². The molecular formula is C14H19BrN2OS. The van der Waals surface area contributed by atoms with Crippen molar-refractivity contribution in [2.24, 2.45) is 5.73 Å². The Kier molecular flexibility index (Phi) is 4.81. The van der Waals surface area contributed by atoms with E-state index in [4.69, 9.17) is 18.0 Å². The minimum atomic E-state index is -0.281. The molecule has 5 heteroatoms. The van der Waals surface area contributed by atoms with Gasteiger partial charge in [0.2, 0.25) is 0 Å². The predicted octanol–water partition coefficient (Wildman–Crippen LogP) is 2.82. The van der Waals surface area contributed by atoms with Crippen LogP contribution < -0.4 is 10.6 Å². The third-order valence-corrected chi connectivity index (χ3v) is 4.67. The van der Waals surface area contributed by atoms with Crippen LogP contribution in [-0.4, -0.2) is 29.3 Å². The molecule has 104 valence electrons. The number of anilines is 1. The van der Waals surface area contributed by atoms with Crippen LogP contribution in [0.3, 0.4) is 0 Å². The summed E-state index contributed by atoms with van der Waals surface area (Å²) in [4.78, 5) is 2.49. The van der Waals surface area contributed by atoms with Gasteiger partial charge >= 0.3 is 0 Å². The number of likely N-dealkylation sites (N-methyl/N-ethyl adjacent to an activating group) is 1. The number of hydrogen-bond acceptors (Lipinski definition) is 3. The highest BCUT2D eigenvalue weighted by atomic mass is 79.9. The minimum Gasteiger partial charge on any atom is -0.391 e. The molecule has 3 nitrogen and oxygen atoms in total. The molecule has 1 aliphatic carbocycles. The van der Waals surface area contributed by atoms with Gasteiger partial charge in [0.25, 0.3) is 0 Å². The standard InChI is InChI=1S/C14H19BrN2OS/c1-17(10-6-2-3-8-12(10)18)11-7-4-5-9(15)13(11)14(16)19/h4-5,7,10,12,18H,2-3,6,8H2,1H3,(H2,16,19). The summed E-state index contributed by atoms with van der Waals surface area (Å²) < 4.78 is 0.898. The van der Waals surface area contributed by atoms with Gasteiger partial charge in [-0.1, -0.05) is 31.1 Å². The zero-order chi connectivity index (χ0) is 14.0. The lowest BCUT2D eigenvalue weighted by Gasteiger charge is -2.37. The Morgan fingerprint density at radius 3 is 2.74 bits per heavy atom. The molecule has 3 N–H and O–H groups in total. The molecule has 0 aliphatic heterocycles. The van der Waals surface area contributed by atoms with E-state index in [-0.39, 0.29) is 12.1 Å². The Balaban J connectivity index is 2.35. The van der Waals surface area contributed by atoms with Gasteiger partial charge in [-0.25, -0.2) is 0 Å². The first kappa shape index (κ1) is 14.8. The van der Waals surface area contributed by atoms with E-state index in [9.17, 15) is 5.11 Å². The number of hydrogen-bond donors (Lipinski definition) is 2. The Bertz CT molecular complexity index is 481. The number of aliphatic hydroxyl groups is 1. The third-order valence-electron chi connectivity index (χ3n) is 3.81. The van der Waals surface area contributed by atoms with Crippen LogP contribution in [0.5, 0.6) is 0 Å². The zero-order valence-corrected chi connectivity index (χ0v) is 13.4. The van der Waals surface area contributed by atoms with Crippen molar-refractivity contribution in [3.8, 4) is 0 Å². The first-order valence-electron chi connectivity index (χ1n) is 6.51. The maximum atomic E-state index is 10.2. The van der Waals surface area contributed by atoms with Crippen LogP contribution in [0.4, 0.5) is 5.69 Å². The van der Waals surface area contributed by atoms with Gasteiger partial charge in [0, 0.05) is 22.8 Å². The summed E-state index contributed by atoms with van der Waals surface area (Å²) in [7, 11) is 2.00. The summed E-state index contributed by atoms with van der Waals surface area (Å²) in [5.41, 5.74) is 7.65. The molecule has 0 aromatic heterocycles. The Morgan fingerprint density at radius 2 is 2.11 bits per heavy atom. The highest BCUT2D eigenvalue weighted by Crippen LogP contribution is 2.32. The fourth-order valence-electron chi connectivity index (χ4n) is 2.77. The second-order valence-corrected chi connectivity index (χ2v) is 6.32. The van der Waals surface area contributed by atoms with E-state index in [1.54, 1.807) is 0 Å². The molecule has 0 bridgehead atoms. The molecule has 2 rings (SSSR count). The second kappa shape index (κ2) is 6.20. The van der Waals surface area contributed by atoms with Gasteiger partial charge in [0.05, 0.1) is 12.1 Å². The number of nitrogens with two attached hydrogens (primary N) is 1. The summed E-state index contributed by atoms with van der Waals surface area (Å²) in [5, 5.41) is 10.2. The number of thiocarbonyl (C=S) groups is 1. The molecule has 1 aromatic carbocycles. The van der Waals surface area contributed by atoms with Crippen molar-refractivity contribution in [3.05, 3.63) is 28.2 Å². The Morgan fingerprint density at radius 1 is 1.42 bits per heavy atom. The molecule has 0 amide bonds. The Hall–Kier alpha value is -0.650. The van der Waals surface area contributed by atoms with Crippen molar-refractivity contribution < 1.29 is 5.11 Å². The maximum Gasteiger partial charge on any atom is 0.107 e. The molecule has 1 aromatic rings. The van der Waals surface area contributed by atoms with Gasteiger partial charge < -0.3 is 15.7 Å². The number of nitrogens with zero attached hydrogens (tertiary/aromatic N) is 1. The Labute approximate surface area is 127 Å². The zero-order valence-electron chi connectivity index (χ0n) is 11.0. The van der Waals surface area contributed by atoms with Crippen molar-refractivity contribution in [3.63, 3.8) is 0 Å². The predicted molar refractivity (Wildman–Crippen MR) is 86.7 cm³/mol. The van der Waals surface area contributed by atoms with Crippen LogP contribution in [0, 0.1) is 0 Å². The van der Waals surface area contributed by atoms with Gasteiger partial charge in [0.15, 0.2) is 0 Å². The molecule has 19 heavy (non-hydrogen) atoms. The fourth-order valence-corrected chi connectivity index (χ4v) is 3.69. The lowest BCUT2D eigenvalue weighted by molar-refractivity contribution is 0.106. The van der Waals surface area contributed by atoms with E-state index in [1.165, 1.54) is 0 Å². The van der Waals surface area contributed by atoms with E-state index < -0.39 is 0 Å². The van der Waals surface area contributed by atoms with E-state index in [0.29, 0.717) is 4.99 Å². The average Bonchev–Trinajstić information content (AvgIpc) is 2.37. The smallest absolute Gasteiger partial charge is 0.107 e. The van der Waals surface area contributed by atoms with E-state index in [2.05, 4.69) is 20.8 Å². The van der Waals surface area contributed by atoms with Crippen molar-refractivity contribution in [1.82, 2.24) is 0 Å². The second-order valence-electron chi connectivity index (χ2n) is 5.03. The first-order chi connectivity index (χ1) is 9.02. The molecule has 2 atom stereocenters. The summed E-state index contributed by atoms with van der Waals surface area (Å²) in [5.74, 6) is 0. The van der Waals surface area contributed by atoms with Crippen molar-refractivity contribution in [2.75, 3.05) is 11.9 Å². The molecule has 0 spiro atoms. The quantitative estimate of drug-likeness (QED) is 0.829. The first-order valence-corrected chi connectivity index (χ1v) is 7.71. The van der Waals surface area contributed by atoms with Gasteiger partial charge in [0.1, 0.15) is 4.99 Å². The molecule has 1 saturated carbocycles. The molecule has 0 saturated heterocycles. The SMILES string of the molecule is CN(c1cccc(Br)c1C(N)=S)C1CCCCC1O. The highest BCUT2D eigenvalue weighted by molar-refractivity contribution is 9.10. The van der Waals surface area contributed by atoms with E-state index in [0.717, 1.165) is 41.4 Å². The normalized spacial score (nSPS) is 23.1. The van der Waals surface area contributed by atoms with Crippen LogP contribution in [0.1, 0.15) is 31.2 Å². The molecular weight excluding hydrogens is 324 g/mol. The van der Waals surface area contributed by atoms with Crippen LogP contribution in [-0.2, 0) is 0 Å². The molecule has 1 fully saturated rings. The lowest BCUT2D eigenvalue weighted by atomic mass is 9.91. The van der Waals surface area contributed by atoms with Gasteiger partial charge in [-0.2, -0.15) is 0 Å². The van der Waals surface area contributed by atoms with Gasteiger partial charge in [-0.15, -0.1) is 0 Å². The molecule has 2 unspecified atom stereocenters. The number of halogens is 1. The van der Waals surface area contributed by atoms with Crippen LogP contribution in [0.25, 0.3) is 0 Å². The van der Waals surface area contributed by atoms with E-state index in [1.807, 2.05) is 25.2 Å². The van der Waals surface area contributed by atoms with Crippen LogP contribution >= 0.6 is 28.1 Å².